The van der Waals surface area contributed by atoms with E-state index in [4.69, 9.17) is 0 Å². The first kappa shape index (κ1) is 16.8. The summed E-state index contributed by atoms with van der Waals surface area (Å²) in [5, 5.41) is 31.3. The largest absolute Gasteiger partial charge is 0.508 e. The van der Waals surface area contributed by atoms with E-state index in [1.54, 1.807) is 6.07 Å². The molecule has 0 spiro atoms. The zero-order chi connectivity index (χ0) is 16.7. The lowest BCUT2D eigenvalue weighted by molar-refractivity contribution is -0.122. The Hall–Kier alpha value is -2.53. The van der Waals surface area contributed by atoms with Gasteiger partial charge in [-0.1, -0.05) is 36.4 Å². The lowest BCUT2D eigenvalue weighted by Crippen LogP contribution is -2.27. The second-order valence-corrected chi connectivity index (χ2v) is 5.53. The summed E-state index contributed by atoms with van der Waals surface area (Å²) < 4.78 is 0. The monoisotopic (exact) mass is 315 g/mol. The van der Waals surface area contributed by atoms with Crippen LogP contribution in [-0.2, 0) is 17.8 Å². The number of rotatable bonds is 7. The van der Waals surface area contributed by atoms with Crippen molar-refractivity contribution < 1.29 is 20.1 Å². The number of phenols is 2. The highest BCUT2D eigenvalue weighted by Gasteiger charge is 2.16. The molecular formula is C18H21NO4. The molecule has 0 fully saturated rings. The van der Waals surface area contributed by atoms with E-state index in [9.17, 15) is 20.1 Å². The molecule has 1 atom stereocenters. The third-order valence-corrected chi connectivity index (χ3v) is 3.64. The van der Waals surface area contributed by atoms with Gasteiger partial charge in [-0.3, -0.25) is 4.79 Å². The average Bonchev–Trinajstić information content (AvgIpc) is 2.55. The van der Waals surface area contributed by atoms with Crippen molar-refractivity contribution in [1.82, 2.24) is 5.32 Å². The summed E-state index contributed by atoms with van der Waals surface area (Å²) in [6.45, 7) is 0.293. The van der Waals surface area contributed by atoms with Crippen LogP contribution in [0.5, 0.6) is 11.5 Å². The van der Waals surface area contributed by atoms with Crippen molar-refractivity contribution in [1.29, 1.82) is 0 Å². The summed E-state index contributed by atoms with van der Waals surface area (Å²) in [4.78, 5) is 12.0. The molecule has 0 heterocycles. The molecule has 0 aliphatic rings. The van der Waals surface area contributed by atoms with Crippen molar-refractivity contribution in [3.8, 4) is 11.5 Å². The van der Waals surface area contributed by atoms with Crippen LogP contribution in [0.25, 0.3) is 0 Å². The Morgan fingerprint density at radius 3 is 2.48 bits per heavy atom. The molecule has 23 heavy (non-hydrogen) atoms. The molecule has 2 rings (SSSR count). The molecule has 122 valence electrons. The quantitative estimate of drug-likeness (QED) is 0.629. The number of nitrogens with one attached hydrogen (secondary N) is 1. The van der Waals surface area contributed by atoms with Crippen molar-refractivity contribution in [3.63, 3.8) is 0 Å². The lowest BCUT2D eigenvalue weighted by atomic mass is 9.96. The van der Waals surface area contributed by atoms with E-state index in [0.29, 0.717) is 18.5 Å². The molecule has 2 aromatic rings. The predicted octanol–water partition coefficient (Wildman–Crippen LogP) is 1.96. The van der Waals surface area contributed by atoms with Gasteiger partial charge in [-0.25, -0.2) is 0 Å². The number of aliphatic hydroxyl groups is 1. The molecule has 0 aliphatic heterocycles. The van der Waals surface area contributed by atoms with Gasteiger partial charge in [0.05, 0.1) is 0 Å². The predicted molar refractivity (Wildman–Crippen MR) is 87.0 cm³/mol. The fourth-order valence-corrected chi connectivity index (χ4v) is 2.37. The van der Waals surface area contributed by atoms with Gasteiger partial charge in [0.25, 0.3) is 0 Å². The number of carbonyl (C=O) groups is 1. The second-order valence-electron chi connectivity index (χ2n) is 5.53. The van der Waals surface area contributed by atoms with Gasteiger partial charge < -0.3 is 20.6 Å². The molecule has 2 aromatic carbocycles. The highest BCUT2D eigenvalue weighted by molar-refractivity contribution is 5.76. The molecular weight excluding hydrogens is 294 g/mol. The molecule has 5 heteroatoms. The highest BCUT2D eigenvalue weighted by Crippen LogP contribution is 2.25. The van der Waals surface area contributed by atoms with Gasteiger partial charge >= 0.3 is 0 Å². The Balaban J connectivity index is 1.87. The van der Waals surface area contributed by atoms with E-state index in [1.807, 2.05) is 30.3 Å². The lowest BCUT2D eigenvalue weighted by Gasteiger charge is -2.15. The molecule has 0 radical (unpaired) electrons. The topological polar surface area (TPSA) is 89.8 Å². The Bertz CT molecular complexity index is 643. The molecule has 4 N–H and O–H groups in total. The molecule has 0 aliphatic carbocycles. The van der Waals surface area contributed by atoms with E-state index in [0.717, 1.165) is 5.56 Å². The summed E-state index contributed by atoms with van der Waals surface area (Å²) >= 11 is 0. The highest BCUT2D eigenvalue weighted by atomic mass is 16.3. The second kappa shape index (κ2) is 8.19. The summed E-state index contributed by atoms with van der Waals surface area (Å²) in [5.74, 6) is -0.493. The molecule has 0 aromatic heterocycles. The SMILES string of the molecule is O=C(CC(CO)Cc1ccc(O)cc1O)NCc1ccccc1. The summed E-state index contributed by atoms with van der Waals surface area (Å²) in [5.41, 5.74) is 1.61. The molecule has 1 amide bonds. The van der Waals surface area contributed by atoms with Crippen LogP contribution >= 0.6 is 0 Å². The third kappa shape index (κ3) is 5.30. The van der Waals surface area contributed by atoms with E-state index < -0.39 is 0 Å². The van der Waals surface area contributed by atoms with E-state index in [-0.39, 0.29) is 36.4 Å². The maximum atomic E-state index is 12.0. The average molecular weight is 315 g/mol. The van der Waals surface area contributed by atoms with Gasteiger partial charge in [0, 0.05) is 25.6 Å². The minimum absolute atomic E-state index is 0.0209. The number of hydrogen-bond donors (Lipinski definition) is 4. The zero-order valence-corrected chi connectivity index (χ0v) is 12.8. The molecule has 1 unspecified atom stereocenters. The van der Waals surface area contributed by atoms with Crippen molar-refractivity contribution in [2.75, 3.05) is 6.61 Å². The van der Waals surface area contributed by atoms with Crippen LogP contribution in [0.4, 0.5) is 0 Å². The van der Waals surface area contributed by atoms with Crippen LogP contribution in [0, 0.1) is 5.92 Å². The van der Waals surface area contributed by atoms with Crippen LogP contribution in [0.3, 0.4) is 0 Å². The number of carbonyl (C=O) groups excluding carboxylic acids is 1. The Labute approximate surface area is 135 Å². The first-order chi connectivity index (χ1) is 11.1. The molecule has 5 nitrogen and oxygen atoms in total. The number of aromatic hydroxyl groups is 2. The zero-order valence-electron chi connectivity index (χ0n) is 12.8. The van der Waals surface area contributed by atoms with Crippen molar-refractivity contribution in [3.05, 3.63) is 59.7 Å². The maximum absolute atomic E-state index is 12.0. The third-order valence-electron chi connectivity index (χ3n) is 3.64. The normalized spacial score (nSPS) is 11.9. The number of amides is 1. The number of phenolic OH excluding ortho intramolecular Hbond substituents is 2. The van der Waals surface area contributed by atoms with E-state index in [2.05, 4.69) is 5.32 Å². The van der Waals surface area contributed by atoms with Crippen LogP contribution in [0.15, 0.2) is 48.5 Å². The van der Waals surface area contributed by atoms with Gasteiger partial charge in [0.2, 0.25) is 5.91 Å². The molecule has 0 saturated carbocycles. The number of benzene rings is 2. The van der Waals surface area contributed by atoms with Crippen LogP contribution in [0.2, 0.25) is 0 Å². The maximum Gasteiger partial charge on any atom is 0.220 e. The Morgan fingerprint density at radius 2 is 1.83 bits per heavy atom. The summed E-state index contributed by atoms with van der Waals surface area (Å²) in [6, 6.07) is 13.9. The first-order valence-corrected chi connectivity index (χ1v) is 7.51. The minimum atomic E-state index is -0.291. The minimum Gasteiger partial charge on any atom is -0.508 e. The van der Waals surface area contributed by atoms with Gasteiger partial charge in [-0.15, -0.1) is 0 Å². The van der Waals surface area contributed by atoms with Crippen LogP contribution in [-0.4, -0.2) is 27.8 Å². The smallest absolute Gasteiger partial charge is 0.220 e. The van der Waals surface area contributed by atoms with Gasteiger partial charge in [-0.2, -0.15) is 0 Å². The fraction of sp³-hybridized carbons (Fsp3) is 0.278. The van der Waals surface area contributed by atoms with Crippen molar-refractivity contribution in [2.24, 2.45) is 5.92 Å². The standard InChI is InChI=1S/C18H21NO4/c20-12-14(8-15-6-7-16(21)10-17(15)22)9-18(23)19-11-13-4-2-1-3-5-13/h1-7,10,14,20-22H,8-9,11-12H2,(H,19,23). The number of aliphatic hydroxyl groups excluding tert-OH is 1. The van der Waals surface area contributed by atoms with Crippen LogP contribution < -0.4 is 5.32 Å². The number of hydrogen-bond acceptors (Lipinski definition) is 4. The molecule has 0 bridgehead atoms. The molecule has 0 saturated heterocycles. The Kier molecular flexibility index (Phi) is 6.00. The van der Waals surface area contributed by atoms with Gasteiger partial charge in [0.15, 0.2) is 0 Å². The van der Waals surface area contributed by atoms with Crippen molar-refractivity contribution in [2.45, 2.75) is 19.4 Å². The van der Waals surface area contributed by atoms with Crippen molar-refractivity contribution >= 4 is 5.91 Å². The van der Waals surface area contributed by atoms with E-state index in [1.165, 1.54) is 12.1 Å². The van der Waals surface area contributed by atoms with Crippen LogP contribution in [0.1, 0.15) is 17.5 Å². The van der Waals surface area contributed by atoms with Gasteiger partial charge in [0.1, 0.15) is 11.5 Å². The summed E-state index contributed by atoms with van der Waals surface area (Å²) in [6.07, 6.45) is 0.533. The fourth-order valence-electron chi connectivity index (χ4n) is 2.37. The Morgan fingerprint density at radius 1 is 1.09 bits per heavy atom. The van der Waals surface area contributed by atoms with E-state index >= 15 is 0 Å². The summed E-state index contributed by atoms with van der Waals surface area (Å²) in [7, 11) is 0. The van der Waals surface area contributed by atoms with Gasteiger partial charge in [-0.05, 0) is 29.5 Å². The first-order valence-electron chi connectivity index (χ1n) is 7.51.